The highest BCUT2D eigenvalue weighted by Gasteiger charge is 2.13. The topological polar surface area (TPSA) is 29.9 Å². The Morgan fingerprint density at radius 3 is 2.67 bits per heavy atom. The highest BCUT2D eigenvalue weighted by atomic mass is 15.0. The van der Waals surface area contributed by atoms with Crippen molar-refractivity contribution in [2.75, 3.05) is 13.1 Å². The molecular formula is C15H21N3. The first-order valence-electron chi connectivity index (χ1n) is 6.53. The Labute approximate surface area is 109 Å². The molecule has 0 aliphatic heterocycles. The molecule has 1 aromatic heterocycles. The molecule has 18 heavy (non-hydrogen) atoms. The molecular weight excluding hydrogens is 222 g/mol. The quantitative estimate of drug-likeness (QED) is 0.844. The number of nitrogens with zero attached hydrogens (tertiary/aromatic N) is 2. The molecule has 1 atom stereocenters. The number of aryl methyl sites for hydroxylation is 1. The van der Waals surface area contributed by atoms with Gasteiger partial charge in [0, 0.05) is 38.3 Å². The third kappa shape index (κ3) is 3.20. The number of benzene rings is 1. The predicted octanol–water partition coefficient (Wildman–Crippen LogP) is 2.36. The van der Waals surface area contributed by atoms with Gasteiger partial charge < -0.3 is 9.88 Å². The van der Waals surface area contributed by atoms with Crippen LogP contribution in [0.25, 0.3) is 0 Å². The standard InChI is InChI=1S/C15H21N3/c1-3-16-12-14(13-7-5-4-6-8-13)11-15-17-9-10-18(15)2/h4-10,14,16H,3,11-12H2,1-2H3. The van der Waals surface area contributed by atoms with Crippen LogP contribution in [0.5, 0.6) is 0 Å². The summed E-state index contributed by atoms with van der Waals surface area (Å²) < 4.78 is 2.10. The van der Waals surface area contributed by atoms with Crippen LogP contribution in [0.15, 0.2) is 42.7 Å². The summed E-state index contributed by atoms with van der Waals surface area (Å²) in [6.45, 7) is 4.14. The van der Waals surface area contributed by atoms with Gasteiger partial charge in [-0.1, -0.05) is 37.3 Å². The van der Waals surface area contributed by atoms with Gasteiger partial charge in [0.2, 0.25) is 0 Å². The zero-order valence-electron chi connectivity index (χ0n) is 11.1. The first-order valence-corrected chi connectivity index (χ1v) is 6.53. The van der Waals surface area contributed by atoms with Gasteiger partial charge in [-0.25, -0.2) is 4.98 Å². The lowest BCUT2D eigenvalue weighted by atomic mass is 9.95. The Morgan fingerprint density at radius 1 is 1.28 bits per heavy atom. The summed E-state index contributed by atoms with van der Waals surface area (Å²) >= 11 is 0. The lowest BCUT2D eigenvalue weighted by Gasteiger charge is -2.17. The van der Waals surface area contributed by atoms with Crippen LogP contribution in [0.1, 0.15) is 24.2 Å². The van der Waals surface area contributed by atoms with E-state index in [1.54, 1.807) is 0 Å². The number of nitrogens with one attached hydrogen (secondary N) is 1. The van der Waals surface area contributed by atoms with Crippen LogP contribution in [0.2, 0.25) is 0 Å². The van der Waals surface area contributed by atoms with Crippen molar-refractivity contribution in [3.8, 4) is 0 Å². The summed E-state index contributed by atoms with van der Waals surface area (Å²) in [6, 6.07) is 10.7. The molecule has 96 valence electrons. The minimum atomic E-state index is 0.479. The second-order valence-corrected chi connectivity index (χ2v) is 4.57. The van der Waals surface area contributed by atoms with Gasteiger partial charge >= 0.3 is 0 Å². The van der Waals surface area contributed by atoms with Crippen LogP contribution >= 0.6 is 0 Å². The highest BCUT2D eigenvalue weighted by Crippen LogP contribution is 2.19. The molecule has 0 bridgehead atoms. The molecule has 0 saturated heterocycles. The molecule has 3 heteroatoms. The Hall–Kier alpha value is -1.61. The van der Waals surface area contributed by atoms with Gasteiger partial charge in [0.1, 0.15) is 5.82 Å². The average molecular weight is 243 g/mol. The summed E-state index contributed by atoms with van der Waals surface area (Å²) in [5, 5.41) is 3.44. The van der Waals surface area contributed by atoms with Gasteiger partial charge in [-0.3, -0.25) is 0 Å². The van der Waals surface area contributed by atoms with E-state index < -0.39 is 0 Å². The maximum absolute atomic E-state index is 4.42. The third-order valence-corrected chi connectivity index (χ3v) is 3.26. The van der Waals surface area contributed by atoms with Crippen molar-refractivity contribution in [2.45, 2.75) is 19.3 Å². The van der Waals surface area contributed by atoms with Crippen molar-refractivity contribution in [1.29, 1.82) is 0 Å². The SMILES string of the molecule is CCNCC(Cc1nccn1C)c1ccccc1. The Morgan fingerprint density at radius 2 is 2.06 bits per heavy atom. The van der Waals surface area contributed by atoms with Gasteiger partial charge in [-0.15, -0.1) is 0 Å². The van der Waals surface area contributed by atoms with Crippen molar-refractivity contribution >= 4 is 0 Å². The van der Waals surface area contributed by atoms with Crippen molar-refractivity contribution in [3.05, 3.63) is 54.1 Å². The first-order chi connectivity index (χ1) is 8.81. The van der Waals surface area contributed by atoms with E-state index in [1.807, 2.05) is 12.4 Å². The first kappa shape index (κ1) is 12.8. The number of aromatic nitrogens is 2. The lowest BCUT2D eigenvalue weighted by Crippen LogP contribution is -2.23. The fourth-order valence-electron chi connectivity index (χ4n) is 2.17. The predicted molar refractivity (Wildman–Crippen MR) is 74.6 cm³/mol. The van der Waals surface area contributed by atoms with E-state index in [9.17, 15) is 0 Å². The molecule has 1 aromatic carbocycles. The van der Waals surface area contributed by atoms with Gasteiger partial charge in [-0.2, -0.15) is 0 Å². The maximum Gasteiger partial charge on any atom is 0.109 e. The molecule has 2 aromatic rings. The molecule has 0 fully saturated rings. The van der Waals surface area contributed by atoms with Crippen LogP contribution < -0.4 is 5.32 Å². The fourth-order valence-corrected chi connectivity index (χ4v) is 2.17. The smallest absolute Gasteiger partial charge is 0.109 e. The second-order valence-electron chi connectivity index (χ2n) is 4.57. The second kappa shape index (κ2) is 6.36. The highest BCUT2D eigenvalue weighted by molar-refractivity contribution is 5.21. The van der Waals surface area contributed by atoms with Gasteiger partial charge in [0.05, 0.1) is 0 Å². The van der Waals surface area contributed by atoms with E-state index in [1.165, 1.54) is 5.56 Å². The maximum atomic E-state index is 4.42. The van der Waals surface area contributed by atoms with E-state index in [0.717, 1.165) is 25.3 Å². The van der Waals surface area contributed by atoms with Gasteiger partial charge in [0.15, 0.2) is 0 Å². The van der Waals surface area contributed by atoms with Crippen molar-refractivity contribution in [2.24, 2.45) is 7.05 Å². The van der Waals surface area contributed by atoms with Crippen LogP contribution in [0.3, 0.4) is 0 Å². The number of hydrogen-bond acceptors (Lipinski definition) is 2. The molecule has 1 heterocycles. The number of rotatable bonds is 6. The van der Waals surface area contributed by atoms with E-state index in [0.29, 0.717) is 5.92 Å². The summed E-state index contributed by atoms with van der Waals surface area (Å²) in [5.41, 5.74) is 1.38. The summed E-state index contributed by atoms with van der Waals surface area (Å²) in [7, 11) is 2.05. The molecule has 3 nitrogen and oxygen atoms in total. The van der Waals surface area contributed by atoms with E-state index in [4.69, 9.17) is 0 Å². The summed E-state index contributed by atoms with van der Waals surface area (Å²) in [5.74, 6) is 1.62. The Kier molecular flexibility index (Phi) is 4.53. The molecule has 0 radical (unpaired) electrons. The minimum absolute atomic E-state index is 0.479. The number of imidazole rings is 1. The Balaban J connectivity index is 2.13. The zero-order valence-corrected chi connectivity index (χ0v) is 11.1. The largest absolute Gasteiger partial charge is 0.338 e. The summed E-state index contributed by atoms with van der Waals surface area (Å²) in [6.07, 6.45) is 4.84. The monoisotopic (exact) mass is 243 g/mol. The molecule has 0 amide bonds. The Bertz CT molecular complexity index is 462. The van der Waals surface area contributed by atoms with E-state index in [-0.39, 0.29) is 0 Å². The van der Waals surface area contributed by atoms with Crippen molar-refractivity contribution in [3.63, 3.8) is 0 Å². The molecule has 1 unspecified atom stereocenters. The fraction of sp³-hybridized carbons (Fsp3) is 0.400. The molecule has 0 saturated carbocycles. The normalized spacial score (nSPS) is 12.6. The molecule has 0 aliphatic carbocycles. The zero-order chi connectivity index (χ0) is 12.8. The average Bonchev–Trinajstić information content (AvgIpc) is 2.81. The molecule has 2 rings (SSSR count). The number of likely N-dealkylation sites (N-methyl/N-ethyl adjacent to an activating group) is 1. The summed E-state index contributed by atoms with van der Waals surface area (Å²) in [4.78, 5) is 4.42. The van der Waals surface area contributed by atoms with Crippen molar-refractivity contribution < 1.29 is 0 Å². The van der Waals surface area contributed by atoms with Gasteiger partial charge in [0.25, 0.3) is 0 Å². The lowest BCUT2D eigenvalue weighted by molar-refractivity contribution is 0.573. The van der Waals surface area contributed by atoms with Crippen LogP contribution in [0, 0.1) is 0 Å². The molecule has 1 N–H and O–H groups in total. The van der Waals surface area contributed by atoms with E-state index >= 15 is 0 Å². The van der Waals surface area contributed by atoms with Crippen LogP contribution in [-0.2, 0) is 13.5 Å². The van der Waals surface area contributed by atoms with Crippen LogP contribution in [-0.4, -0.2) is 22.6 Å². The molecule has 0 aliphatic rings. The van der Waals surface area contributed by atoms with Gasteiger partial charge in [-0.05, 0) is 12.1 Å². The minimum Gasteiger partial charge on any atom is -0.338 e. The van der Waals surface area contributed by atoms with Crippen LogP contribution in [0.4, 0.5) is 0 Å². The number of hydrogen-bond donors (Lipinski definition) is 1. The molecule has 0 spiro atoms. The van der Waals surface area contributed by atoms with E-state index in [2.05, 4.69) is 59.2 Å². The third-order valence-electron chi connectivity index (χ3n) is 3.26. The van der Waals surface area contributed by atoms with Crippen molar-refractivity contribution in [1.82, 2.24) is 14.9 Å².